The molecule has 2 unspecified atom stereocenters. The fourth-order valence-electron chi connectivity index (χ4n) is 2.05. The molecule has 2 aliphatic heterocycles. The van der Waals surface area contributed by atoms with Crippen molar-refractivity contribution in [2.75, 3.05) is 19.7 Å². The van der Waals surface area contributed by atoms with E-state index in [2.05, 4.69) is 10.6 Å². The number of carbonyl (C=O) groups is 1. The Bertz CT molecular complexity index is 202. The van der Waals surface area contributed by atoms with Crippen LogP contribution >= 0.6 is 0 Å². The van der Waals surface area contributed by atoms with Gasteiger partial charge in [0.25, 0.3) is 0 Å². The van der Waals surface area contributed by atoms with Gasteiger partial charge >= 0.3 is 0 Å². The Labute approximate surface area is 84.4 Å². The van der Waals surface area contributed by atoms with Gasteiger partial charge in [0.15, 0.2) is 0 Å². The third-order valence-corrected chi connectivity index (χ3v) is 2.90. The van der Waals surface area contributed by atoms with Gasteiger partial charge in [0.05, 0.1) is 12.1 Å². The van der Waals surface area contributed by atoms with Crippen LogP contribution in [0.2, 0.25) is 0 Å². The minimum absolute atomic E-state index is 0.00736. The van der Waals surface area contributed by atoms with Crippen LogP contribution in [-0.4, -0.2) is 37.7 Å². The maximum Gasteiger partial charge on any atom is 0.237 e. The molecule has 0 spiro atoms. The van der Waals surface area contributed by atoms with E-state index in [9.17, 15) is 4.79 Å². The van der Waals surface area contributed by atoms with E-state index < -0.39 is 0 Å². The molecule has 4 heteroatoms. The molecule has 0 aromatic heterocycles. The number of nitrogens with one attached hydrogen (secondary N) is 2. The van der Waals surface area contributed by atoms with Crippen LogP contribution in [0.25, 0.3) is 0 Å². The topological polar surface area (TPSA) is 50.4 Å². The van der Waals surface area contributed by atoms with E-state index in [4.69, 9.17) is 4.74 Å². The zero-order chi connectivity index (χ0) is 9.80. The summed E-state index contributed by atoms with van der Waals surface area (Å²) in [4.78, 5) is 11.4. The van der Waals surface area contributed by atoms with Gasteiger partial charge in [-0.05, 0) is 25.7 Å². The van der Waals surface area contributed by atoms with Crippen LogP contribution in [0.1, 0.15) is 25.7 Å². The quantitative estimate of drug-likeness (QED) is 0.673. The van der Waals surface area contributed by atoms with Crippen molar-refractivity contribution in [1.29, 1.82) is 0 Å². The van der Waals surface area contributed by atoms with E-state index in [1.807, 2.05) is 0 Å². The van der Waals surface area contributed by atoms with Gasteiger partial charge in [-0.1, -0.05) is 0 Å². The Balaban J connectivity index is 1.70. The van der Waals surface area contributed by atoms with Crippen LogP contribution in [-0.2, 0) is 9.53 Å². The summed E-state index contributed by atoms with van der Waals surface area (Å²) in [5.41, 5.74) is 0. The first-order valence-corrected chi connectivity index (χ1v) is 5.49. The largest absolute Gasteiger partial charge is 0.377 e. The van der Waals surface area contributed by atoms with Gasteiger partial charge in [-0.15, -0.1) is 0 Å². The number of ether oxygens (including phenoxy) is 1. The molecular formula is C10H18N2O2. The van der Waals surface area contributed by atoms with Crippen molar-refractivity contribution in [1.82, 2.24) is 10.6 Å². The molecule has 80 valence electrons. The van der Waals surface area contributed by atoms with Crippen LogP contribution < -0.4 is 10.6 Å². The first-order chi connectivity index (χ1) is 6.86. The molecule has 0 radical (unpaired) electrons. The van der Waals surface area contributed by atoms with Gasteiger partial charge in [0.2, 0.25) is 5.91 Å². The lowest BCUT2D eigenvalue weighted by Gasteiger charge is -2.24. The molecular weight excluding hydrogens is 180 g/mol. The summed E-state index contributed by atoms with van der Waals surface area (Å²) in [5, 5.41) is 6.14. The molecule has 1 amide bonds. The summed E-state index contributed by atoms with van der Waals surface area (Å²) in [5.74, 6) is 0.147. The number of hydrogen-bond acceptors (Lipinski definition) is 3. The Morgan fingerprint density at radius 3 is 3.07 bits per heavy atom. The molecule has 2 heterocycles. The molecule has 2 atom stereocenters. The molecule has 2 aliphatic rings. The molecule has 2 saturated heterocycles. The third-order valence-electron chi connectivity index (χ3n) is 2.90. The fraction of sp³-hybridized carbons (Fsp3) is 0.900. The minimum Gasteiger partial charge on any atom is -0.377 e. The first kappa shape index (κ1) is 9.93. The highest BCUT2D eigenvalue weighted by Crippen LogP contribution is 2.11. The second kappa shape index (κ2) is 4.75. The zero-order valence-electron chi connectivity index (χ0n) is 8.42. The Morgan fingerprint density at radius 2 is 2.36 bits per heavy atom. The smallest absolute Gasteiger partial charge is 0.237 e. The van der Waals surface area contributed by atoms with Crippen molar-refractivity contribution in [3.05, 3.63) is 0 Å². The molecule has 14 heavy (non-hydrogen) atoms. The predicted molar refractivity (Wildman–Crippen MR) is 53.0 cm³/mol. The van der Waals surface area contributed by atoms with E-state index in [0.717, 1.165) is 45.4 Å². The lowest BCUT2D eigenvalue weighted by atomic mass is 10.1. The van der Waals surface area contributed by atoms with Crippen molar-refractivity contribution < 1.29 is 9.53 Å². The molecule has 0 aromatic rings. The Kier molecular flexibility index (Phi) is 3.37. The highest BCUT2D eigenvalue weighted by atomic mass is 16.5. The van der Waals surface area contributed by atoms with Crippen molar-refractivity contribution in [3.63, 3.8) is 0 Å². The van der Waals surface area contributed by atoms with E-state index in [1.54, 1.807) is 0 Å². The van der Waals surface area contributed by atoms with Crippen LogP contribution in [0.15, 0.2) is 0 Å². The Morgan fingerprint density at radius 1 is 1.43 bits per heavy atom. The monoisotopic (exact) mass is 198 g/mol. The highest BCUT2D eigenvalue weighted by Gasteiger charge is 2.23. The van der Waals surface area contributed by atoms with Crippen LogP contribution in [0, 0.1) is 0 Å². The van der Waals surface area contributed by atoms with Gasteiger partial charge in [-0.3, -0.25) is 4.79 Å². The highest BCUT2D eigenvalue weighted by molar-refractivity contribution is 5.82. The molecule has 2 rings (SSSR count). The lowest BCUT2D eigenvalue weighted by molar-refractivity contribution is -0.124. The first-order valence-electron chi connectivity index (χ1n) is 5.49. The average molecular weight is 198 g/mol. The predicted octanol–water partition coefficient (Wildman–Crippen LogP) is 0.0336. The van der Waals surface area contributed by atoms with E-state index in [0.29, 0.717) is 6.10 Å². The van der Waals surface area contributed by atoms with Gasteiger partial charge in [0.1, 0.15) is 0 Å². The van der Waals surface area contributed by atoms with E-state index >= 15 is 0 Å². The molecule has 4 nitrogen and oxygen atoms in total. The van der Waals surface area contributed by atoms with E-state index in [1.165, 1.54) is 0 Å². The molecule has 0 aromatic carbocycles. The summed E-state index contributed by atoms with van der Waals surface area (Å²) in [6.07, 6.45) is 4.64. The molecule has 2 N–H and O–H groups in total. The van der Waals surface area contributed by atoms with Crippen molar-refractivity contribution >= 4 is 5.91 Å². The molecule has 2 fully saturated rings. The maximum atomic E-state index is 11.4. The summed E-state index contributed by atoms with van der Waals surface area (Å²) in [6.45, 7) is 2.53. The summed E-state index contributed by atoms with van der Waals surface area (Å²) in [6, 6.07) is 0.00736. The zero-order valence-corrected chi connectivity index (χ0v) is 8.42. The third kappa shape index (κ3) is 2.45. The molecule has 0 bridgehead atoms. The number of rotatable bonds is 3. The van der Waals surface area contributed by atoms with Crippen LogP contribution in [0.5, 0.6) is 0 Å². The standard InChI is InChI=1S/C10H18N2O2/c13-10-9(4-1-5-11-10)12-7-8-3-2-6-14-8/h8-9,12H,1-7H2,(H,11,13). The summed E-state index contributed by atoms with van der Waals surface area (Å²) < 4.78 is 5.49. The fourth-order valence-corrected chi connectivity index (χ4v) is 2.05. The number of piperidine rings is 1. The average Bonchev–Trinajstić information content (AvgIpc) is 2.69. The number of hydrogen-bond donors (Lipinski definition) is 2. The summed E-state index contributed by atoms with van der Waals surface area (Å²) >= 11 is 0. The SMILES string of the molecule is O=C1NCCCC1NCC1CCCO1. The van der Waals surface area contributed by atoms with Crippen molar-refractivity contribution in [3.8, 4) is 0 Å². The second-order valence-electron chi connectivity index (χ2n) is 4.03. The minimum atomic E-state index is 0.00736. The summed E-state index contributed by atoms with van der Waals surface area (Å²) in [7, 11) is 0. The van der Waals surface area contributed by atoms with Crippen molar-refractivity contribution in [2.45, 2.75) is 37.8 Å². The van der Waals surface area contributed by atoms with Crippen LogP contribution in [0.3, 0.4) is 0 Å². The van der Waals surface area contributed by atoms with Gasteiger partial charge in [0, 0.05) is 19.7 Å². The number of amides is 1. The van der Waals surface area contributed by atoms with Gasteiger partial charge in [-0.25, -0.2) is 0 Å². The maximum absolute atomic E-state index is 11.4. The molecule has 0 aliphatic carbocycles. The Hall–Kier alpha value is -0.610. The van der Waals surface area contributed by atoms with Crippen LogP contribution in [0.4, 0.5) is 0 Å². The van der Waals surface area contributed by atoms with E-state index in [-0.39, 0.29) is 11.9 Å². The van der Waals surface area contributed by atoms with Crippen molar-refractivity contribution in [2.24, 2.45) is 0 Å². The van der Waals surface area contributed by atoms with Gasteiger partial charge < -0.3 is 15.4 Å². The molecule has 0 saturated carbocycles. The normalized spacial score (nSPS) is 33.0. The van der Waals surface area contributed by atoms with Gasteiger partial charge in [-0.2, -0.15) is 0 Å². The lowest BCUT2D eigenvalue weighted by Crippen LogP contribution is -2.49. The second-order valence-corrected chi connectivity index (χ2v) is 4.03. The number of carbonyl (C=O) groups excluding carboxylic acids is 1.